The molecule has 31 heavy (non-hydrogen) atoms. The Labute approximate surface area is 182 Å². The van der Waals surface area contributed by atoms with Crippen molar-refractivity contribution in [1.82, 2.24) is 9.55 Å². The molecule has 0 radical (unpaired) electrons. The van der Waals surface area contributed by atoms with E-state index in [2.05, 4.69) is 16.8 Å². The molecule has 7 nitrogen and oxygen atoms in total. The van der Waals surface area contributed by atoms with E-state index in [1.807, 2.05) is 32.0 Å². The molecule has 0 amide bonds. The maximum absolute atomic E-state index is 12.6. The lowest BCUT2D eigenvalue weighted by Crippen LogP contribution is -2.34. The van der Waals surface area contributed by atoms with E-state index in [-0.39, 0.29) is 24.3 Å². The van der Waals surface area contributed by atoms with Crippen molar-refractivity contribution in [2.45, 2.75) is 51.4 Å². The van der Waals surface area contributed by atoms with Crippen LogP contribution in [-0.4, -0.2) is 52.8 Å². The monoisotopic (exact) mass is 424 g/mol. The van der Waals surface area contributed by atoms with Crippen molar-refractivity contribution in [3.05, 3.63) is 45.9 Å². The highest BCUT2D eigenvalue weighted by Gasteiger charge is 2.21. The summed E-state index contributed by atoms with van der Waals surface area (Å²) in [6, 6.07) is 7.74. The van der Waals surface area contributed by atoms with Crippen LogP contribution in [-0.2, 0) is 22.4 Å². The zero-order chi connectivity index (χ0) is 21.8. The Morgan fingerprint density at radius 1 is 1.29 bits per heavy atom. The van der Waals surface area contributed by atoms with Crippen LogP contribution in [0.2, 0.25) is 0 Å². The summed E-state index contributed by atoms with van der Waals surface area (Å²) in [5, 5.41) is 10.4. The van der Waals surface area contributed by atoms with Crippen molar-refractivity contribution in [3.63, 3.8) is 0 Å². The molecule has 0 saturated carbocycles. The van der Waals surface area contributed by atoms with Crippen LogP contribution >= 0.6 is 0 Å². The summed E-state index contributed by atoms with van der Waals surface area (Å²) < 4.78 is 18.4. The second kappa shape index (κ2) is 9.23. The van der Waals surface area contributed by atoms with E-state index in [4.69, 9.17) is 14.2 Å². The van der Waals surface area contributed by atoms with E-state index < -0.39 is 5.60 Å². The SMILES string of the molecule is CCC(O)(C#Cc1ccc2c(c1)CCn1c-2cc(OC[C@@H]2COCCO2)nc1=O)CC. The quantitative estimate of drug-likeness (QED) is 0.741. The standard InChI is InChI=1S/C24H28N2O5/c1-3-24(28,4-2)9-7-17-5-6-20-18(13-17)8-10-26-21(20)14-22(25-23(26)27)31-16-19-15-29-11-12-30-19/h5-6,13-14,19,28H,3-4,8,10-12,15-16H2,1-2H3/t19-/m0/s1. The van der Waals surface area contributed by atoms with Gasteiger partial charge in [0, 0.05) is 23.7 Å². The highest BCUT2D eigenvalue weighted by atomic mass is 16.6. The summed E-state index contributed by atoms with van der Waals surface area (Å²) in [6.07, 6.45) is 1.74. The number of fused-ring (bicyclic) bond motifs is 3. The Kier molecular flexibility index (Phi) is 6.42. The molecule has 1 saturated heterocycles. The lowest BCUT2D eigenvalue weighted by molar-refractivity contribution is -0.102. The summed E-state index contributed by atoms with van der Waals surface area (Å²) in [6.45, 7) is 6.31. The first-order valence-corrected chi connectivity index (χ1v) is 10.8. The van der Waals surface area contributed by atoms with Gasteiger partial charge in [-0.2, -0.15) is 4.98 Å². The molecule has 1 aromatic carbocycles. The second-order valence-corrected chi connectivity index (χ2v) is 7.90. The highest BCUT2D eigenvalue weighted by Crippen LogP contribution is 2.30. The molecule has 7 heteroatoms. The molecule has 1 atom stereocenters. The number of aryl methyl sites for hydroxylation is 1. The average Bonchev–Trinajstić information content (AvgIpc) is 2.81. The van der Waals surface area contributed by atoms with Gasteiger partial charge in [-0.25, -0.2) is 4.79 Å². The van der Waals surface area contributed by atoms with Crippen molar-refractivity contribution in [2.24, 2.45) is 0 Å². The van der Waals surface area contributed by atoms with E-state index in [0.29, 0.717) is 39.2 Å². The molecule has 164 valence electrons. The molecule has 2 aromatic rings. The third kappa shape index (κ3) is 4.82. The number of aliphatic hydroxyl groups is 1. The molecule has 0 bridgehead atoms. The van der Waals surface area contributed by atoms with Gasteiger partial charge in [0.25, 0.3) is 0 Å². The summed E-state index contributed by atoms with van der Waals surface area (Å²) in [4.78, 5) is 16.6. The van der Waals surface area contributed by atoms with Gasteiger partial charge in [-0.3, -0.25) is 4.57 Å². The normalized spacial score (nSPS) is 17.8. The number of hydrogen-bond donors (Lipinski definition) is 1. The van der Waals surface area contributed by atoms with E-state index in [1.165, 1.54) is 0 Å². The van der Waals surface area contributed by atoms with Gasteiger partial charge in [-0.1, -0.05) is 31.8 Å². The van der Waals surface area contributed by atoms with Crippen LogP contribution in [0.25, 0.3) is 11.3 Å². The largest absolute Gasteiger partial charge is 0.475 e. The van der Waals surface area contributed by atoms with Crippen LogP contribution in [0.15, 0.2) is 29.1 Å². The third-order valence-electron chi connectivity index (χ3n) is 5.89. The van der Waals surface area contributed by atoms with Gasteiger partial charge in [0.05, 0.1) is 25.5 Å². The van der Waals surface area contributed by atoms with Crippen molar-refractivity contribution in [2.75, 3.05) is 26.4 Å². The number of nitrogens with zero attached hydrogens (tertiary/aromatic N) is 2. The summed E-state index contributed by atoms with van der Waals surface area (Å²) in [5.41, 5.74) is 2.45. The van der Waals surface area contributed by atoms with Crippen LogP contribution in [0.3, 0.4) is 0 Å². The summed E-state index contributed by atoms with van der Waals surface area (Å²) >= 11 is 0. The zero-order valence-corrected chi connectivity index (χ0v) is 18.0. The fraction of sp³-hybridized carbons (Fsp3) is 0.500. The molecule has 4 rings (SSSR count). The summed E-state index contributed by atoms with van der Waals surface area (Å²) in [5.74, 6) is 6.40. The Morgan fingerprint density at radius 2 is 2.13 bits per heavy atom. The minimum atomic E-state index is -0.958. The van der Waals surface area contributed by atoms with Crippen LogP contribution in [0.4, 0.5) is 0 Å². The van der Waals surface area contributed by atoms with Gasteiger partial charge in [0.15, 0.2) is 0 Å². The first-order chi connectivity index (χ1) is 15.0. The first-order valence-electron chi connectivity index (χ1n) is 10.8. The van der Waals surface area contributed by atoms with Gasteiger partial charge in [0.1, 0.15) is 18.3 Å². The first kappa shape index (κ1) is 21.6. The molecule has 0 unspecified atom stereocenters. The predicted octanol–water partition coefficient (Wildman–Crippen LogP) is 2.16. The van der Waals surface area contributed by atoms with Crippen molar-refractivity contribution in [1.29, 1.82) is 0 Å². The average molecular weight is 424 g/mol. The predicted molar refractivity (Wildman–Crippen MR) is 116 cm³/mol. The third-order valence-corrected chi connectivity index (χ3v) is 5.89. The van der Waals surface area contributed by atoms with Gasteiger partial charge >= 0.3 is 5.69 Å². The smallest absolute Gasteiger partial charge is 0.351 e. The van der Waals surface area contributed by atoms with Gasteiger partial charge in [-0.15, -0.1) is 0 Å². The molecular weight excluding hydrogens is 396 g/mol. The van der Waals surface area contributed by atoms with Gasteiger partial charge in [-0.05, 0) is 37.0 Å². The number of benzene rings is 1. The Hall–Kier alpha value is -2.66. The second-order valence-electron chi connectivity index (χ2n) is 7.90. The van der Waals surface area contributed by atoms with E-state index in [0.717, 1.165) is 28.8 Å². The summed E-state index contributed by atoms with van der Waals surface area (Å²) in [7, 11) is 0. The molecule has 1 fully saturated rings. The fourth-order valence-corrected chi connectivity index (χ4v) is 3.78. The van der Waals surface area contributed by atoms with E-state index in [9.17, 15) is 9.90 Å². The minimum absolute atomic E-state index is 0.160. The highest BCUT2D eigenvalue weighted by molar-refractivity contribution is 5.68. The molecule has 2 aliphatic heterocycles. The van der Waals surface area contributed by atoms with E-state index in [1.54, 1.807) is 10.6 Å². The number of rotatable bonds is 5. The molecule has 2 aliphatic rings. The Balaban J connectivity index is 1.59. The lowest BCUT2D eigenvalue weighted by Gasteiger charge is -2.24. The fourth-order valence-electron chi connectivity index (χ4n) is 3.78. The van der Waals surface area contributed by atoms with Gasteiger partial charge < -0.3 is 19.3 Å². The van der Waals surface area contributed by atoms with Crippen molar-refractivity contribution >= 4 is 0 Å². The topological polar surface area (TPSA) is 82.8 Å². The van der Waals surface area contributed by atoms with Crippen LogP contribution in [0.1, 0.15) is 37.8 Å². The van der Waals surface area contributed by atoms with Crippen molar-refractivity contribution < 1.29 is 19.3 Å². The van der Waals surface area contributed by atoms with Crippen LogP contribution < -0.4 is 10.4 Å². The zero-order valence-electron chi connectivity index (χ0n) is 18.0. The van der Waals surface area contributed by atoms with Crippen LogP contribution in [0, 0.1) is 11.8 Å². The molecule has 0 spiro atoms. The maximum atomic E-state index is 12.6. The molecule has 0 aliphatic carbocycles. The van der Waals surface area contributed by atoms with Crippen LogP contribution in [0.5, 0.6) is 5.88 Å². The molecular formula is C24H28N2O5. The van der Waals surface area contributed by atoms with Crippen molar-refractivity contribution in [3.8, 4) is 29.0 Å². The molecule has 1 aromatic heterocycles. The lowest BCUT2D eigenvalue weighted by atomic mass is 9.94. The number of hydrogen-bond acceptors (Lipinski definition) is 6. The molecule has 3 heterocycles. The van der Waals surface area contributed by atoms with Gasteiger partial charge in [0.2, 0.25) is 5.88 Å². The number of aromatic nitrogens is 2. The Bertz CT molecular complexity index is 1060. The molecule has 1 N–H and O–H groups in total. The minimum Gasteiger partial charge on any atom is -0.475 e. The van der Waals surface area contributed by atoms with E-state index >= 15 is 0 Å². The number of ether oxygens (including phenoxy) is 3. The maximum Gasteiger partial charge on any atom is 0.351 e. The Morgan fingerprint density at radius 3 is 2.87 bits per heavy atom.